The van der Waals surface area contributed by atoms with Gasteiger partial charge in [0.2, 0.25) is 0 Å². The summed E-state index contributed by atoms with van der Waals surface area (Å²) in [6.45, 7) is 0. The Hall–Kier alpha value is -0.810. The summed E-state index contributed by atoms with van der Waals surface area (Å²) in [5.41, 5.74) is -0.0179. The molecule has 1 heterocycles. The molecule has 0 atom stereocenters. The van der Waals surface area contributed by atoms with Crippen molar-refractivity contribution in [1.29, 1.82) is 0 Å². The number of hydrogen-bond donors (Lipinski definition) is 0. The SMILES string of the molecule is Fc1cccc(F)c1-c1cc(Br)ns1. The molecule has 0 N–H and O–H groups in total. The number of rotatable bonds is 1. The predicted molar refractivity (Wildman–Crippen MR) is 55.2 cm³/mol. The van der Waals surface area contributed by atoms with E-state index < -0.39 is 11.6 Å². The van der Waals surface area contributed by atoms with Crippen molar-refractivity contribution in [2.75, 3.05) is 0 Å². The highest BCUT2D eigenvalue weighted by Gasteiger charge is 2.13. The zero-order valence-electron chi connectivity index (χ0n) is 6.80. The molecule has 2 rings (SSSR count). The van der Waals surface area contributed by atoms with Crippen molar-refractivity contribution in [2.24, 2.45) is 0 Å². The quantitative estimate of drug-likeness (QED) is 0.771. The number of hydrogen-bond acceptors (Lipinski definition) is 2. The van der Waals surface area contributed by atoms with E-state index >= 15 is 0 Å². The van der Waals surface area contributed by atoms with Crippen LogP contribution in [0.3, 0.4) is 0 Å². The third kappa shape index (κ3) is 1.69. The highest BCUT2D eigenvalue weighted by atomic mass is 79.9. The summed E-state index contributed by atoms with van der Waals surface area (Å²) in [6.07, 6.45) is 0. The molecule has 0 saturated carbocycles. The number of halogens is 3. The lowest BCUT2D eigenvalue weighted by Gasteiger charge is -1.99. The topological polar surface area (TPSA) is 12.9 Å². The largest absolute Gasteiger partial charge is 0.206 e. The van der Waals surface area contributed by atoms with Crippen LogP contribution in [-0.2, 0) is 0 Å². The summed E-state index contributed by atoms with van der Waals surface area (Å²) >= 11 is 4.19. The molecular weight excluding hydrogens is 272 g/mol. The average molecular weight is 276 g/mol. The van der Waals surface area contributed by atoms with Crippen LogP contribution in [0.25, 0.3) is 10.4 Å². The first-order valence-corrected chi connectivity index (χ1v) is 5.32. The monoisotopic (exact) mass is 275 g/mol. The van der Waals surface area contributed by atoms with Crippen molar-refractivity contribution in [3.05, 3.63) is 40.5 Å². The van der Waals surface area contributed by atoms with Crippen LogP contribution in [0, 0.1) is 11.6 Å². The number of benzene rings is 1. The molecule has 0 bridgehead atoms. The third-order valence-electron chi connectivity index (χ3n) is 1.69. The van der Waals surface area contributed by atoms with Crippen LogP contribution < -0.4 is 0 Å². The van der Waals surface area contributed by atoms with E-state index in [0.29, 0.717) is 9.48 Å². The smallest absolute Gasteiger partial charge is 0.134 e. The van der Waals surface area contributed by atoms with Crippen LogP contribution in [-0.4, -0.2) is 4.37 Å². The van der Waals surface area contributed by atoms with Crippen molar-refractivity contribution < 1.29 is 8.78 Å². The van der Waals surface area contributed by atoms with Gasteiger partial charge in [0.25, 0.3) is 0 Å². The molecule has 0 fully saturated rings. The molecule has 0 amide bonds. The predicted octanol–water partition coefficient (Wildman–Crippen LogP) is 3.85. The lowest BCUT2D eigenvalue weighted by molar-refractivity contribution is 0.590. The maximum atomic E-state index is 13.3. The fourth-order valence-corrected chi connectivity index (χ4v) is 2.39. The maximum Gasteiger partial charge on any atom is 0.134 e. The van der Waals surface area contributed by atoms with Gasteiger partial charge < -0.3 is 0 Å². The van der Waals surface area contributed by atoms with Gasteiger partial charge in [-0.05, 0) is 45.7 Å². The van der Waals surface area contributed by atoms with Gasteiger partial charge in [-0.3, -0.25) is 0 Å². The van der Waals surface area contributed by atoms with Gasteiger partial charge >= 0.3 is 0 Å². The normalized spacial score (nSPS) is 10.5. The van der Waals surface area contributed by atoms with Crippen molar-refractivity contribution in [2.45, 2.75) is 0 Å². The van der Waals surface area contributed by atoms with Gasteiger partial charge in [0.15, 0.2) is 0 Å². The molecule has 1 aromatic heterocycles. The van der Waals surface area contributed by atoms with Crippen molar-refractivity contribution >= 4 is 27.5 Å². The van der Waals surface area contributed by atoms with Crippen LogP contribution in [0.5, 0.6) is 0 Å². The minimum Gasteiger partial charge on any atom is -0.206 e. The summed E-state index contributed by atoms with van der Waals surface area (Å²) in [4.78, 5) is 0.479. The van der Waals surface area contributed by atoms with Crippen LogP contribution in [0.1, 0.15) is 0 Å². The molecule has 1 nitrogen and oxygen atoms in total. The first-order chi connectivity index (χ1) is 6.68. The molecule has 0 aliphatic rings. The van der Waals surface area contributed by atoms with Crippen LogP contribution >= 0.6 is 27.5 Å². The molecule has 0 saturated heterocycles. The van der Waals surface area contributed by atoms with Gasteiger partial charge in [-0.2, -0.15) is 4.37 Å². The van der Waals surface area contributed by atoms with Crippen LogP contribution in [0.4, 0.5) is 8.78 Å². The summed E-state index contributed by atoms with van der Waals surface area (Å²) in [5, 5.41) is 0. The van der Waals surface area contributed by atoms with Crippen molar-refractivity contribution in [1.82, 2.24) is 4.37 Å². The molecule has 0 aliphatic heterocycles. The van der Waals surface area contributed by atoms with Gasteiger partial charge in [-0.25, -0.2) is 8.78 Å². The van der Waals surface area contributed by atoms with Crippen molar-refractivity contribution in [3.8, 4) is 10.4 Å². The second-order valence-electron chi connectivity index (χ2n) is 2.61. The molecule has 5 heteroatoms. The molecule has 2 aromatic rings. The molecule has 0 unspecified atom stereocenters. The summed E-state index contributed by atoms with van der Waals surface area (Å²) in [6, 6.07) is 5.38. The third-order valence-corrected chi connectivity index (χ3v) is 3.14. The van der Waals surface area contributed by atoms with Gasteiger partial charge in [-0.15, -0.1) is 0 Å². The minimum atomic E-state index is -0.568. The van der Waals surface area contributed by atoms with Gasteiger partial charge in [-0.1, -0.05) is 6.07 Å². The van der Waals surface area contributed by atoms with E-state index in [9.17, 15) is 8.78 Å². The van der Waals surface area contributed by atoms with Crippen LogP contribution in [0.15, 0.2) is 28.9 Å². The Morgan fingerprint density at radius 2 is 1.86 bits per heavy atom. The molecule has 0 radical (unpaired) electrons. The first kappa shape index (κ1) is 9.73. The molecule has 1 aromatic carbocycles. The van der Waals surface area contributed by atoms with Gasteiger partial charge in [0.1, 0.15) is 16.2 Å². The Morgan fingerprint density at radius 3 is 2.36 bits per heavy atom. The average Bonchev–Trinajstić information content (AvgIpc) is 2.51. The van der Waals surface area contributed by atoms with E-state index in [4.69, 9.17) is 0 Å². The summed E-state index contributed by atoms with van der Waals surface area (Å²) in [5.74, 6) is -1.14. The van der Waals surface area contributed by atoms with Crippen LogP contribution in [0.2, 0.25) is 0 Å². The summed E-state index contributed by atoms with van der Waals surface area (Å²) in [7, 11) is 0. The Balaban J connectivity index is 2.61. The van der Waals surface area contributed by atoms with E-state index in [1.807, 2.05) is 0 Å². The molecule has 0 spiro atoms. The minimum absolute atomic E-state index is 0.0179. The lowest BCUT2D eigenvalue weighted by atomic mass is 10.1. The Bertz CT molecular complexity index is 449. The van der Waals surface area contributed by atoms with E-state index in [0.717, 1.165) is 11.5 Å². The fraction of sp³-hybridized carbons (Fsp3) is 0. The molecule has 72 valence electrons. The zero-order chi connectivity index (χ0) is 10.1. The van der Waals surface area contributed by atoms with E-state index in [2.05, 4.69) is 20.3 Å². The molecule has 0 aliphatic carbocycles. The van der Waals surface area contributed by atoms with E-state index in [1.54, 1.807) is 6.07 Å². The Kier molecular flexibility index (Phi) is 2.60. The second kappa shape index (κ2) is 3.74. The molecule has 14 heavy (non-hydrogen) atoms. The highest BCUT2D eigenvalue weighted by Crippen LogP contribution is 2.31. The van der Waals surface area contributed by atoms with Crippen molar-refractivity contribution in [3.63, 3.8) is 0 Å². The number of aromatic nitrogens is 1. The summed E-state index contributed by atoms with van der Waals surface area (Å²) < 4.78 is 31.0. The second-order valence-corrected chi connectivity index (χ2v) is 4.23. The lowest BCUT2D eigenvalue weighted by Crippen LogP contribution is -1.86. The highest BCUT2D eigenvalue weighted by molar-refractivity contribution is 9.10. The standard InChI is InChI=1S/C9H4BrF2NS/c10-8-4-7(14-13-8)9-5(11)2-1-3-6(9)12/h1-4H. The van der Waals surface area contributed by atoms with E-state index in [-0.39, 0.29) is 5.56 Å². The Labute approximate surface area is 91.7 Å². The van der Waals surface area contributed by atoms with Gasteiger partial charge in [0.05, 0.1) is 10.4 Å². The first-order valence-electron chi connectivity index (χ1n) is 3.75. The van der Waals surface area contributed by atoms with E-state index in [1.165, 1.54) is 18.2 Å². The maximum absolute atomic E-state index is 13.3. The Morgan fingerprint density at radius 1 is 1.21 bits per heavy atom. The number of nitrogens with zero attached hydrogens (tertiary/aromatic N) is 1. The zero-order valence-corrected chi connectivity index (χ0v) is 9.20. The molecular formula is C9H4BrF2NS. The van der Waals surface area contributed by atoms with Gasteiger partial charge in [0, 0.05) is 0 Å². The fourth-order valence-electron chi connectivity index (χ4n) is 1.10.